The summed E-state index contributed by atoms with van der Waals surface area (Å²) in [5.41, 5.74) is -2.37. The lowest BCUT2D eigenvalue weighted by Crippen LogP contribution is -2.06. The Morgan fingerprint density at radius 2 is 1.73 bits per heavy atom. The lowest BCUT2D eigenvalue weighted by molar-refractivity contribution is -0.415. The molecule has 10 heteroatoms. The van der Waals surface area contributed by atoms with E-state index in [1.54, 1.807) is 0 Å². The Morgan fingerprint density at radius 3 is 2.27 bits per heavy atom. The number of carbonyl (C=O) groups excluding carboxylic acids is 1. The molecule has 0 saturated heterocycles. The molecule has 0 fully saturated rings. The molecule has 0 saturated carbocycles. The molecular formula is C16H8ClN2O7-. The van der Waals surface area contributed by atoms with Crippen molar-refractivity contribution in [1.29, 1.82) is 0 Å². The molecule has 0 unspecified atom stereocenters. The van der Waals surface area contributed by atoms with Crippen molar-refractivity contribution in [2.75, 3.05) is 0 Å². The van der Waals surface area contributed by atoms with Gasteiger partial charge in [-0.25, -0.2) is 0 Å². The number of nitro benzene ring substituents is 2. The monoisotopic (exact) mass is 375 g/mol. The van der Waals surface area contributed by atoms with Crippen LogP contribution in [0.2, 0.25) is 5.02 Å². The highest BCUT2D eigenvalue weighted by molar-refractivity contribution is 6.30. The number of ketones is 1. The second kappa shape index (κ2) is 6.12. The molecule has 0 N–H and O–H groups in total. The van der Waals surface area contributed by atoms with Crippen LogP contribution in [0, 0.1) is 27.2 Å². The lowest BCUT2D eigenvalue weighted by atomic mass is 9.99. The van der Waals surface area contributed by atoms with Crippen molar-refractivity contribution in [1.82, 2.24) is 0 Å². The van der Waals surface area contributed by atoms with Crippen molar-refractivity contribution in [3.8, 4) is 5.75 Å². The molecule has 9 nitrogen and oxygen atoms in total. The Balaban J connectivity index is 2.36. The normalized spacial score (nSPS) is 10.8. The molecule has 3 rings (SSSR count). The van der Waals surface area contributed by atoms with Gasteiger partial charge in [-0.3, -0.25) is 25.0 Å². The number of nitro groups is 2. The second-order valence-electron chi connectivity index (χ2n) is 5.33. The van der Waals surface area contributed by atoms with Crippen LogP contribution >= 0.6 is 11.6 Å². The van der Waals surface area contributed by atoms with Crippen molar-refractivity contribution in [3.63, 3.8) is 0 Å². The minimum atomic E-state index is -1.39. The maximum absolute atomic E-state index is 12.8. The quantitative estimate of drug-likeness (QED) is 0.386. The minimum Gasteiger partial charge on any atom is -0.863 e. The number of rotatable bonds is 4. The van der Waals surface area contributed by atoms with Gasteiger partial charge in [-0.2, -0.15) is 0 Å². The number of nitrogens with zero attached hydrogens (tertiary/aromatic N) is 2. The molecule has 0 bridgehead atoms. The number of benzene rings is 2. The molecule has 26 heavy (non-hydrogen) atoms. The van der Waals surface area contributed by atoms with Gasteiger partial charge < -0.3 is 9.52 Å². The molecular weight excluding hydrogens is 368 g/mol. The molecule has 0 aliphatic carbocycles. The van der Waals surface area contributed by atoms with Gasteiger partial charge in [0, 0.05) is 10.6 Å². The van der Waals surface area contributed by atoms with E-state index in [2.05, 4.69) is 0 Å². The minimum absolute atomic E-state index is 0.00273. The highest BCUT2D eigenvalue weighted by Crippen LogP contribution is 2.44. The first-order chi connectivity index (χ1) is 12.2. The van der Waals surface area contributed by atoms with E-state index in [1.807, 2.05) is 0 Å². The Morgan fingerprint density at radius 1 is 1.12 bits per heavy atom. The summed E-state index contributed by atoms with van der Waals surface area (Å²) in [5, 5.41) is 34.6. The molecule has 0 radical (unpaired) electrons. The van der Waals surface area contributed by atoms with Crippen LogP contribution in [-0.2, 0) is 0 Å². The molecule has 1 heterocycles. The maximum atomic E-state index is 12.8. The molecule has 0 amide bonds. The number of hydrogen-bond acceptors (Lipinski definition) is 7. The molecule has 2 aromatic carbocycles. The zero-order valence-corrected chi connectivity index (χ0v) is 13.8. The van der Waals surface area contributed by atoms with Gasteiger partial charge in [0.1, 0.15) is 16.7 Å². The van der Waals surface area contributed by atoms with Crippen molar-refractivity contribution in [2.45, 2.75) is 6.92 Å². The van der Waals surface area contributed by atoms with Gasteiger partial charge >= 0.3 is 0 Å². The first-order valence-corrected chi connectivity index (χ1v) is 7.46. The summed E-state index contributed by atoms with van der Waals surface area (Å²) >= 11 is 5.78. The zero-order chi connectivity index (χ0) is 19.2. The van der Waals surface area contributed by atoms with Crippen molar-refractivity contribution in [3.05, 3.63) is 72.5 Å². The standard InChI is InChI=1S/C16H9ClN2O7/c1-7-12(15(20)8-2-4-9(17)5-3-8)13-11(26-7)6-10(18(22)23)16(21)14(13)19(24)25/h2-6,21H,1H3/p-1. The van der Waals surface area contributed by atoms with E-state index in [0.29, 0.717) is 5.02 Å². The highest BCUT2D eigenvalue weighted by Gasteiger charge is 2.31. The summed E-state index contributed by atoms with van der Waals surface area (Å²) in [7, 11) is 0. The fourth-order valence-electron chi connectivity index (χ4n) is 2.66. The summed E-state index contributed by atoms with van der Waals surface area (Å²) in [6, 6.07) is 6.54. The smallest absolute Gasteiger partial charge is 0.280 e. The van der Waals surface area contributed by atoms with E-state index < -0.39 is 32.8 Å². The number of carbonyl (C=O) groups is 1. The largest absolute Gasteiger partial charge is 0.863 e. The van der Waals surface area contributed by atoms with Gasteiger partial charge in [-0.15, -0.1) is 0 Å². The van der Waals surface area contributed by atoms with E-state index in [9.17, 15) is 30.1 Å². The summed E-state index contributed by atoms with van der Waals surface area (Å²) in [6.07, 6.45) is 0. The fourth-order valence-corrected chi connectivity index (χ4v) is 2.78. The van der Waals surface area contributed by atoms with E-state index in [0.717, 1.165) is 6.07 Å². The number of furan rings is 1. The van der Waals surface area contributed by atoms with Crippen LogP contribution in [-0.4, -0.2) is 15.6 Å². The summed E-state index contributed by atoms with van der Waals surface area (Å²) in [6.45, 7) is 1.38. The van der Waals surface area contributed by atoms with Crippen molar-refractivity contribution in [2.24, 2.45) is 0 Å². The van der Waals surface area contributed by atoms with Crippen LogP contribution in [0.5, 0.6) is 5.75 Å². The first kappa shape index (κ1) is 17.4. The van der Waals surface area contributed by atoms with Crippen LogP contribution in [0.4, 0.5) is 11.4 Å². The molecule has 0 aliphatic heterocycles. The topological polar surface area (TPSA) is 140 Å². The van der Waals surface area contributed by atoms with Crippen molar-refractivity contribution < 1.29 is 24.2 Å². The van der Waals surface area contributed by atoms with Crippen LogP contribution < -0.4 is 5.11 Å². The Labute approximate surface area is 149 Å². The Bertz CT molecular complexity index is 1090. The van der Waals surface area contributed by atoms with Crippen LogP contribution in [0.3, 0.4) is 0 Å². The van der Waals surface area contributed by atoms with E-state index >= 15 is 0 Å². The summed E-state index contributed by atoms with van der Waals surface area (Å²) in [5.74, 6) is -2.02. The third-order valence-corrected chi connectivity index (χ3v) is 4.03. The Kier molecular flexibility index (Phi) is 4.09. The van der Waals surface area contributed by atoms with Gasteiger partial charge in [0.2, 0.25) is 0 Å². The third kappa shape index (κ3) is 2.64. The average Bonchev–Trinajstić information content (AvgIpc) is 2.89. The number of halogens is 1. The molecule has 0 aliphatic rings. The average molecular weight is 376 g/mol. The molecule has 3 aromatic rings. The van der Waals surface area contributed by atoms with Gasteiger partial charge in [-0.05, 0) is 31.2 Å². The Hall–Kier alpha value is -3.46. The van der Waals surface area contributed by atoms with Gasteiger partial charge in [0.05, 0.1) is 27.2 Å². The molecule has 0 spiro atoms. The molecule has 132 valence electrons. The van der Waals surface area contributed by atoms with Gasteiger partial charge in [0.15, 0.2) is 5.78 Å². The SMILES string of the molecule is Cc1oc2cc([N+](=O)[O-])c([O-])c([N+](=O)[O-])c2c1C(=O)c1ccc(Cl)cc1. The predicted octanol–water partition coefficient (Wildman–Crippen LogP) is 3.52. The molecule has 1 aromatic heterocycles. The van der Waals surface area contributed by atoms with Crippen molar-refractivity contribution >= 4 is 39.7 Å². The van der Waals surface area contributed by atoms with E-state index in [4.69, 9.17) is 16.0 Å². The zero-order valence-electron chi connectivity index (χ0n) is 13.0. The van der Waals surface area contributed by atoms with Crippen LogP contribution in [0.25, 0.3) is 11.0 Å². The summed E-state index contributed by atoms with van der Waals surface area (Å²) < 4.78 is 5.31. The fraction of sp³-hybridized carbons (Fsp3) is 0.0625. The van der Waals surface area contributed by atoms with Gasteiger partial charge in [-0.1, -0.05) is 11.6 Å². The summed E-state index contributed by atoms with van der Waals surface area (Å²) in [4.78, 5) is 33.1. The molecule has 0 atom stereocenters. The highest BCUT2D eigenvalue weighted by atomic mass is 35.5. The van der Waals surface area contributed by atoms with E-state index in [1.165, 1.54) is 31.2 Å². The number of aryl methyl sites for hydroxylation is 1. The third-order valence-electron chi connectivity index (χ3n) is 3.78. The maximum Gasteiger partial charge on any atom is 0.280 e. The lowest BCUT2D eigenvalue weighted by Gasteiger charge is -2.08. The van der Waals surface area contributed by atoms with Crippen LogP contribution in [0.15, 0.2) is 34.7 Å². The number of hydrogen-bond donors (Lipinski definition) is 0. The van der Waals surface area contributed by atoms with Gasteiger partial charge in [0.25, 0.3) is 11.4 Å². The predicted molar refractivity (Wildman–Crippen MR) is 88.6 cm³/mol. The van der Waals surface area contributed by atoms with E-state index in [-0.39, 0.29) is 27.9 Å². The second-order valence-corrected chi connectivity index (χ2v) is 5.77. The first-order valence-electron chi connectivity index (χ1n) is 7.08. The van der Waals surface area contributed by atoms with Crippen LogP contribution in [0.1, 0.15) is 21.7 Å². The number of fused-ring (bicyclic) bond motifs is 1.